The Kier molecular flexibility index (Phi) is 6.96. The van der Waals surface area contributed by atoms with Crippen molar-refractivity contribution in [1.29, 1.82) is 0 Å². The lowest BCUT2D eigenvalue weighted by atomic mass is 10.1. The normalized spacial score (nSPS) is 11.1. The highest BCUT2D eigenvalue weighted by molar-refractivity contribution is 7.09. The molecule has 2 heterocycles. The average molecular weight is 390 g/mol. The minimum absolute atomic E-state index is 0.000256. The lowest BCUT2D eigenvalue weighted by molar-refractivity contribution is 0.0784. The van der Waals surface area contributed by atoms with Crippen molar-refractivity contribution in [2.75, 3.05) is 7.05 Å². The molecule has 0 atom stereocenters. The van der Waals surface area contributed by atoms with Gasteiger partial charge < -0.3 is 14.8 Å². The number of rotatable bonds is 7. The van der Waals surface area contributed by atoms with Crippen LogP contribution in [0.2, 0.25) is 0 Å². The maximum atomic E-state index is 12.9. The Morgan fingerprint density at radius 1 is 1.19 bits per heavy atom. The van der Waals surface area contributed by atoms with Crippen molar-refractivity contribution in [3.63, 3.8) is 0 Å². The van der Waals surface area contributed by atoms with Gasteiger partial charge in [0.05, 0.1) is 6.54 Å². The van der Waals surface area contributed by atoms with Crippen LogP contribution >= 0.6 is 11.3 Å². The van der Waals surface area contributed by atoms with Gasteiger partial charge in [-0.15, -0.1) is 11.3 Å². The van der Waals surface area contributed by atoms with E-state index < -0.39 is 11.3 Å². The van der Waals surface area contributed by atoms with Crippen molar-refractivity contribution in [2.45, 2.75) is 46.8 Å². The lowest BCUT2D eigenvalue weighted by Gasteiger charge is -2.19. The van der Waals surface area contributed by atoms with Crippen molar-refractivity contribution in [1.82, 2.24) is 14.8 Å². The van der Waals surface area contributed by atoms with E-state index in [-0.39, 0.29) is 23.1 Å². The Morgan fingerprint density at radius 3 is 2.41 bits per heavy atom. The third-order valence-corrected chi connectivity index (χ3v) is 4.73. The summed E-state index contributed by atoms with van der Waals surface area (Å²) in [7, 11) is 1.66. The number of carbonyl (C=O) groups is 2. The quantitative estimate of drug-likeness (QED) is 0.791. The number of aromatic nitrogens is 1. The topological polar surface area (TPSA) is 71.4 Å². The first-order valence-electron chi connectivity index (χ1n) is 9.01. The van der Waals surface area contributed by atoms with Crippen molar-refractivity contribution in [3.8, 4) is 0 Å². The molecule has 2 aromatic heterocycles. The molecule has 0 radical (unpaired) electrons. The molecule has 0 saturated carbocycles. The van der Waals surface area contributed by atoms with Gasteiger partial charge in [-0.2, -0.15) is 0 Å². The van der Waals surface area contributed by atoms with E-state index in [1.54, 1.807) is 29.1 Å². The van der Waals surface area contributed by atoms with Gasteiger partial charge >= 0.3 is 0 Å². The highest BCUT2D eigenvalue weighted by atomic mass is 32.1. The van der Waals surface area contributed by atoms with Gasteiger partial charge in [0.2, 0.25) is 5.43 Å². The van der Waals surface area contributed by atoms with Crippen molar-refractivity contribution >= 4 is 23.2 Å². The molecule has 0 aliphatic carbocycles. The van der Waals surface area contributed by atoms with E-state index in [2.05, 4.69) is 5.32 Å². The van der Waals surface area contributed by atoms with Crippen LogP contribution in [0.4, 0.5) is 0 Å². The first-order chi connectivity index (χ1) is 12.7. The Hall–Kier alpha value is -2.41. The number of nitrogens with zero attached hydrogens (tertiary/aromatic N) is 2. The Bertz CT molecular complexity index is 854. The fourth-order valence-corrected chi connectivity index (χ4v) is 3.48. The van der Waals surface area contributed by atoms with Gasteiger partial charge in [-0.05, 0) is 31.2 Å². The number of thiophene rings is 1. The van der Waals surface area contributed by atoms with E-state index in [0.717, 1.165) is 4.88 Å². The van der Waals surface area contributed by atoms with Crippen molar-refractivity contribution in [2.24, 2.45) is 5.92 Å². The van der Waals surface area contributed by atoms with Crippen LogP contribution in [-0.4, -0.2) is 34.4 Å². The van der Waals surface area contributed by atoms with Crippen LogP contribution < -0.4 is 10.7 Å². The predicted octanol–water partition coefficient (Wildman–Crippen LogP) is 2.98. The first-order valence-corrected chi connectivity index (χ1v) is 9.89. The molecular formula is C20H27N3O3S. The summed E-state index contributed by atoms with van der Waals surface area (Å²) >= 11 is 1.55. The van der Waals surface area contributed by atoms with Gasteiger partial charge in [0.1, 0.15) is 11.1 Å². The molecule has 7 heteroatoms. The van der Waals surface area contributed by atoms with Crippen LogP contribution in [0.15, 0.2) is 34.7 Å². The molecule has 0 bridgehead atoms. The predicted molar refractivity (Wildman–Crippen MR) is 108 cm³/mol. The third-order valence-electron chi connectivity index (χ3n) is 3.87. The van der Waals surface area contributed by atoms with Crippen LogP contribution in [0.1, 0.15) is 53.3 Å². The maximum absolute atomic E-state index is 12.9. The summed E-state index contributed by atoms with van der Waals surface area (Å²) < 4.78 is 1.76. The number of pyridine rings is 1. The maximum Gasteiger partial charge on any atom is 0.259 e. The molecule has 0 spiro atoms. The molecule has 0 aliphatic rings. The molecule has 0 fully saturated rings. The zero-order chi connectivity index (χ0) is 20.1. The molecule has 27 heavy (non-hydrogen) atoms. The van der Waals surface area contributed by atoms with Gasteiger partial charge in [0.15, 0.2) is 0 Å². The van der Waals surface area contributed by atoms with Gasteiger partial charge in [-0.3, -0.25) is 14.4 Å². The summed E-state index contributed by atoms with van der Waals surface area (Å²) in [5, 5.41) is 4.68. The first kappa shape index (κ1) is 20.9. The van der Waals surface area contributed by atoms with E-state index in [1.807, 2.05) is 45.2 Å². The second-order valence-electron chi connectivity index (χ2n) is 7.37. The smallest absolute Gasteiger partial charge is 0.259 e. The lowest BCUT2D eigenvalue weighted by Crippen LogP contribution is -2.38. The highest BCUT2D eigenvalue weighted by Gasteiger charge is 2.22. The molecule has 0 unspecified atom stereocenters. The van der Waals surface area contributed by atoms with Crippen molar-refractivity contribution < 1.29 is 9.59 Å². The second kappa shape index (κ2) is 8.99. The molecule has 146 valence electrons. The van der Waals surface area contributed by atoms with E-state index in [1.165, 1.54) is 11.1 Å². The Morgan fingerprint density at radius 2 is 1.85 bits per heavy atom. The SMILES string of the molecule is CC(C)Cn1cc(C(=O)NC(C)C)c(=O)c(C(=O)N(C)Cc2cccs2)c1. The summed E-state index contributed by atoms with van der Waals surface area (Å²) in [5.41, 5.74) is -0.512. The molecule has 6 nitrogen and oxygen atoms in total. The van der Waals surface area contributed by atoms with Crippen LogP contribution in [0, 0.1) is 5.92 Å². The fourth-order valence-electron chi connectivity index (χ4n) is 2.73. The summed E-state index contributed by atoms with van der Waals surface area (Å²) in [4.78, 5) is 40.8. The Labute approximate surface area is 163 Å². The number of nitrogens with one attached hydrogen (secondary N) is 1. The summed E-state index contributed by atoms with van der Waals surface area (Å²) in [6, 6.07) is 3.76. The minimum Gasteiger partial charge on any atom is -0.352 e. The van der Waals surface area contributed by atoms with Crippen LogP contribution in [0.3, 0.4) is 0 Å². The average Bonchev–Trinajstić information content (AvgIpc) is 3.07. The summed E-state index contributed by atoms with van der Waals surface area (Å²) in [6.45, 7) is 8.76. The number of carbonyl (C=O) groups excluding carboxylic acids is 2. The second-order valence-corrected chi connectivity index (χ2v) is 8.41. The third kappa shape index (κ3) is 5.53. The standard InChI is InChI=1S/C20H27N3O3S/c1-13(2)9-23-11-16(19(25)21-14(3)4)18(24)17(12-23)20(26)22(5)10-15-7-6-8-27-15/h6-8,11-14H,9-10H2,1-5H3,(H,21,25). The van der Waals surface area contributed by atoms with Gasteiger partial charge in [0, 0.05) is 36.9 Å². The molecule has 0 aromatic carbocycles. The number of hydrogen-bond acceptors (Lipinski definition) is 4. The van der Waals surface area contributed by atoms with E-state index in [4.69, 9.17) is 0 Å². The largest absolute Gasteiger partial charge is 0.352 e. The zero-order valence-electron chi connectivity index (χ0n) is 16.5. The Balaban J connectivity index is 2.42. The highest BCUT2D eigenvalue weighted by Crippen LogP contribution is 2.13. The van der Waals surface area contributed by atoms with Crippen LogP contribution in [-0.2, 0) is 13.1 Å². The summed E-state index contributed by atoms with van der Waals surface area (Å²) in [6.07, 6.45) is 3.10. The summed E-state index contributed by atoms with van der Waals surface area (Å²) in [5.74, 6) is -0.534. The minimum atomic E-state index is -0.531. The number of hydrogen-bond donors (Lipinski definition) is 1. The van der Waals surface area contributed by atoms with Gasteiger partial charge in [-0.1, -0.05) is 19.9 Å². The van der Waals surface area contributed by atoms with Gasteiger partial charge in [-0.25, -0.2) is 0 Å². The molecule has 0 saturated heterocycles. The monoisotopic (exact) mass is 389 g/mol. The molecule has 2 rings (SSSR count). The van der Waals surface area contributed by atoms with Crippen LogP contribution in [0.25, 0.3) is 0 Å². The van der Waals surface area contributed by atoms with Crippen LogP contribution in [0.5, 0.6) is 0 Å². The molecule has 1 N–H and O–H groups in total. The van der Waals surface area contributed by atoms with E-state index in [9.17, 15) is 14.4 Å². The molecule has 2 amide bonds. The molecule has 2 aromatic rings. The number of amides is 2. The van der Waals surface area contributed by atoms with E-state index in [0.29, 0.717) is 19.0 Å². The molecular weight excluding hydrogens is 362 g/mol. The van der Waals surface area contributed by atoms with Gasteiger partial charge in [0.25, 0.3) is 11.8 Å². The van der Waals surface area contributed by atoms with E-state index >= 15 is 0 Å². The molecule has 0 aliphatic heterocycles. The van der Waals surface area contributed by atoms with Crippen molar-refractivity contribution in [3.05, 3.63) is 56.1 Å². The fraction of sp³-hybridized carbons (Fsp3) is 0.450. The zero-order valence-corrected chi connectivity index (χ0v) is 17.3.